The van der Waals surface area contributed by atoms with Crippen LogP contribution < -0.4 is 5.32 Å². The Kier molecular flexibility index (Phi) is 7.60. The Labute approximate surface area is 110 Å². The van der Waals surface area contributed by atoms with Gasteiger partial charge in [0, 0.05) is 19.3 Å². The summed E-state index contributed by atoms with van der Waals surface area (Å²) in [6, 6.07) is 0.363. The molecular formula is C13H26N4O. The van der Waals surface area contributed by atoms with Crippen molar-refractivity contribution in [3.8, 4) is 0 Å². The van der Waals surface area contributed by atoms with Crippen LogP contribution in [0.25, 0.3) is 0 Å². The molecule has 1 rings (SSSR count). The highest BCUT2D eigenvalue weighted by Gasteiger charge is 2.06. The van der Waals surface area contributed by atoms with Gasteiger partial charge in [-0.15, -0.1) is 0 Å². The fourth-order valence-corrected chi connectivity index (χ4v) is 1.68. The van der Waals surface area contributed by atoms with E-state index in [1.807, 2.05) is 4.68 Å². The van der Waals surface area contributed by atoms with E-state index < -0.39 is 0 Å². The summed E-state index contributed by atoms with van der Waals surface area (Å²) < 4.78 is 7.45. The molecule has 0 saturated heterocycles. The minimum Gasteiger partial charge on any atom is -0.381 e. The summed E-state index contributed by atoms with van der Waals surface area (Å²) in [4.78, 5) is 4.25. The number of rotatable bonds is 10. The van der Waals surface area contributed by atoms with E-state index in [1.165, 1.54) is 6.42 Å². The van der Waals surface area contributed by atoms with Crippen LogP contribution in [0.1, 0.15) is 51.9 Å². The average Bonchev–Trinajstić information content (AvgIpc) is 2.81. The summed E-state index contributed by atoms with van der Waals surface area (Å²) in [6.45, 7) is 9.85. The molecule has 0 bridgehead atoms. The number of aromatic nitrogens is 3. The third-order valence-electron chi connectivity index (χ3n) is 2.70. The maximum absolute atomic E-state index is 5.50. The second kappa shape index (κ2) is 9.05. The van der Waals surface area contributed by atoms with Crippen LogP contribution in [0.2, 0.25) is 0 Å². The lowest BCUT2D eigenvalue weighted by atomic mass is 10.3. The molecule has 18 heavy (non-hydrogen) atoms. The zero-order valence-corrected chi connectivity index (χ0v) is 11.9. The van der Waals surface area contributed by atoms with Crippen LogP contribution in [-0.4, -0.2) is 34.5 Å². The first-order valence-electron chi connectivity index (χ1n) is 6.92. The van der Waals surface area contributed by atoms with Gasteiger partial charge in [0.2, 0.25) is 0 Å². The number of unbranched alkanes of at least 4 members (excludes halogenated alkanes) is 1. The minimum absolute atomic E-state index is 0.363. The van der Waals surface area contributed by atoms with Crippen LogP contribution >= 0.6 is 0 Å². The summed E-state index contributed by atoms with van der Waals surface area (Å²) in [7, 11) is 0. The molecule has 1 aromatic rings. The Bertz CT molecular complexity index is 312. The minimum atomic E-state index is 0.363. The highest BCUT2D eigenvalue weighted by atomic mass is 16.5. The number of nitrogens with zero attached hydrogens (tertiary/aromatic N) is 3. The fourth-order valence-electron chi connectivity index (χ4n) is 1.68. The molecule has 0 aliphatic carbocycles. The van der Waals surface area contributed by atoms with Gasteiger partial charge in [-0.3, -0.25) is 0 Å². The topological polar surface area (TPSA) is 52.0 Å². The SMILES string of the molecule is CCCCOCCCNCc1ncnn1C(C)C. The zero-order valence-electron chi connectivity index (χ0n) is 11.9. The molecule has 5 heteroatoms. The van der Waals surface area contributed by atoms with Crippen molar-refractivity contribution in [2.24, 2.45) is 0 Å². The van der Waals surface area contributed by atoms with E-state index >= 15 is 0 Å². The Morgan fingerprint density at radius 1 is 1.33 bits per heavy atom. The van der Waals surface area contributed by atoms with Crippen molar-refractivity contribution < 1.29 is 4.74 Å². The van der Waals surface area contributed by atoms with Gasteiger partial charge in [-0.25, -0.2) is 9.67 Å². The molecular weight excluding hydrogens is 228 g/mol. The van der Waals surface area contributed by atoms with Crippen molar-refractivity contribution in [3.05, 3.63) is 12.2 Å². The van der Waals surface area contributed by atoms with Crippen molar-refractivity contribution in [3.63, 3.8) is 0 Å². The highest BCUT2D eigenvalue weighted by Crippen LogP contribution is 2.04. The van der Waals surface area contributed by atoms with Gasteiger partial charge < -0.3 is 10.1 Å². The monoisotopic (exact) mass is 254 g/mol. The predicted molar refractivity (Wildman–Crippen MR) is 72.5 cm³/mol. The molecule has 0 atom stereocenters. The second-order valence-electron chi connectivity index (χ2n) is 4.71. The average molecular weight is 254 g/mol. The smallest absolute Gasteiger partial charge is 0.141 e. The number of hydrogen-bond acceptors (Lipinski definition) is 4. The quantitative estimate of drug-likeness (QED) is 0.650. The van der Waals surface area contributed by atoms with Crippen molar-refractivity contribution in [2.45, 2.75) is 52.6 Å². The van der Waals surface area contributed by atoms with Gasteiger partial charge in [-0.05, 0) is 33.2 Å². The van der Waals surface area contributed by atoms with Gasteiger partial charge in [-0.1, -0.05) is 13.3 Å². The van der Waals surface area contributed by atoms with Gasteiger partial charge in [-0.2, -0.15) is 5.10 Å². The summed E-state index contributed by atoms with van der Waals surface area (Å²) in [5, 5.41) is 7.58. The van der Waals surface area contributed by atoms with Crippen molar-refractivity contribution in [2.75, 3.05) is 19.8 Å². The Balaban J connectivity index is 2.05. The van der Waals surface area contributed by atoms with Gasteiger partial charge in [0.1, 0.15) is 12.2 Å². The van der Waals surface area contributed by atoms with Crippen LogP contribution in [0.4, 0.5) is 0 Å². The summed E-state index contributed by atoms with van der Waals surface area (Å²) >= 11 is 0. The van der Waals surface area contributed by atoms with Gasteiger partial charge in [0.25, 0.3) is 0 Å². The fraction of sp³-hybridized carbons (Fsp3) is 0.846. The molecule has 0 aliphatic rings. The molecule has 0 amide bonds. The van der Waals surface area contributed by atoms with Crippen LogP contribution in [-0.2, 0) is 11.3 Å². The lowest BCUT2D eigenvalue weighted by Crippen LogP contribution is -2.20. The van der Waals surface area contributed by atoms with Gasteiger partial charge >= 0.3 is 0 Å². The molecule has 0 unspecified atom stereocenters. The Morgan fingerprint density at radius 3 is 2.83 bits per heavy atom. The van der Waals surface area contributed by atoms with Crippen LogP contribution in [0.3, 0.4) is 0 Å². The van der Waals surface area contributed by atoms with Crippen molar-refractivity contribution in [1.29, 1.82) is 0 Å². The van der Waals surface area contributed by atoms with Crippen LogP contribution in [0, 0.1) is 0 Å². The molecule has 5 nitrogen and oxygen atoms in total. The van der Waals surface area contributed by atoms with Crippen LogP contribution in [0.5, 0.6) is 0 Å². The van der Waals surface area contributed by atoms with E-state index in [0.29, 0.717) is 6.04 Å². The van der Waals surface area contributed by atoms with E-state index in [-0.39, 0.29) is 0 Å². The Hall–Kier alpha value is -0.940. The first-order valence-corrected chi connectivity index (χ1v) is 6.92. The number of hydrogen-bond donors (Lipinski definition) is 1. The lowest BCUT2D eigenvalue weighted by Gasteiger charge is -2.10. The van der Waals surface area contributed by atoms with Gasteiger partial charge in [0.05, 0.1) is 6.54 Å². The molecule has 0 aliphatic heterocycles. The van der Waals surface area contributed by atoms with E-state index in [9.17, 15) is 0 Å². The maximum atomic E-state index is 5.50. The third kappa shape index (κ3) is 5.60. The van der Waals surface area contributed by atoms with Crippen molar-refractivity contribution >= 4 is 0 Å². The highest BCUT2D eigenvalue weighted by molar-refractivity contribution is 4.85. The maximum Gasteiger partial charge on any atom is 0.141 e. The molecule has 0 spiro atoms. The number of nitrogens with one attached hydrogen (secondary N) is 1. The standard InChI is InChI=1S/C13H26N4O/c1-4-5-8-18-9-6-7-14-10-13-15-11-16-17(13)12(2)3/h11-12,14H,4-10H2,1-3H3. The van der Waals surface area contributed by atoms with Crippen molar-refractivity contribution in [1.82, 2.24) is 20.1 Å². The molecule has 0 aromatic carbocycles. The summed E-state index contributed by atoms with van der Waals surface area (Å²) in [6.07, 6.45) is 5.01. The van der Waals surface area contributed by atoms with E-state index in [4.69, 9.17) is 4.74 Å². The van der Waals surface area contributed by atoms with Crippen LogP contribution in [0.15, 0.2) is 6.33 Å². The number of ether oxygens (including phenoxy) is 1. The second-order valence-corrected chi connectivity index (χ2v) is 4.71. The summed E-state index contributed by atoms with van der Waals surface area (Å²) in [5.74, 6) is 0.997. The molecule has 1 aromatic heterocycles. The van der Waals surface area contributed by atoms with E-state index in [0.717, 1.165) is 45.0 Å². The predicted octanol–water partition coefficient (Wildman–Crippen LogP) is 2.16. The normalized spacial score (nSPS) is 11.3. The molecule has 1 heterocycles. The molecule has 0 fully saturated rings. The molecule has 0 saturated carbocycles. The third-order valence-corrected chi connectivity index (χ3v) is 2.70. The summed E-state index contributed by atoms with van der Waals surface area (Å²) in [5.41, 5.74) is 0. The van der Waals surface area contributed by atoms with Gasteiger partial charge in [0.15, 0.2) is 0 Å². The van der Waals surface area contributed by atoms with E-state index in [2.05, 4.69) is 36.2 Å². The molecule has 0 radical (unpaired) electrons. The molecule has 104 valence electrons. The van der Waals surface area contributed by atoms with E-state index in [1.54, 1.807) is 6.33 Å². The molecule has 1 N–H and O–H groups in total. The first kappa shape index (κ1) is 15.1. The zero-order chi connectivity index (χ0) is 13.2. The first-order chi connectivity index (χ1) is 8.75. The Morgan fingerprint density at radius 2 is 2.11 bits per heavy atom. The largest absolute Gasteiger partial charge is 0.381 e. The lowest BCUT2D eigenvalue weighted by molar-refractivity contribution is 0.128.